The molecule has 96 valence electrons. The molecule has 4 heteroatoms. The molecule has 0 saturated carbocycles. The lowest BCUT2D eigenvalue weighted by atomic mass is 10.1. The molecule has 0 bridgehead atoms. The third-order valence-corrected chi connectivity index (χ3v) is 3.38. The first-order chi connectivity index (χ1) is 7.82. The minimum absolute atomic E-state index is 0.0744. The SMILES string of the molecule is Cc1nn(C)c(C)c1CC(=O)NC(C)C(C)C. The highest BCUT2D eigenvalue weighted by Crippen LogP contribution is 2.12. The van der Waals surface area contributed by atoms with E-state index in [1.54, 1.807) is 0 Å². The van der Waals surface area contributed by atoms with Crippen molar-refractivity contribution in [1.82, 2.24) is 15.1 Å². The molecule has 1 atom stereocenters. The van der Waals surface area contributed by atoms with E-state index in [4.69, 9.17) is 0 Å². The smallest absolute Gasteiger partial charge is 0.224 e. The van der Waals surface area contributed by atoms with Gasteiger partial charge in [0.25, 0.3) is 0 Å². The highest BCUT2D eigenvalue weighted by atomic mass is 16.1. The van der Waals surface area contributed by atoms with Crippen LogP contribution in [-0.2, 0) is 18.3 Å². The predicted octanol–water partition coefficient (Wildman–Crippen LogP) is 1.74. The summed E-state index contributed by atoms with van der Waals surface area (Å²) in [6, 6.07) is 0.208. The predicted molar refractivity (Wildman–Crippen MR) is 68.8 cm³/mol. The Labute approximate surface area is 103 Å². The number of carbonyl (C=O) groups is 1. The van der Waals surface area contributed by atoms with Gasteiger partial charge in [0, 0.05) is 24.3 Å². The fourth-order valence-electron chi connectivity index (χ4n) is 1.71. The van der Waals surface area contributed by atoms with E-state index in [9.17, 15) is 4.79 Å². The zero-order valence-corrected chi connectivity index (χ0v) is 11.7. The molecule has 0 radical (unpaired) electrons. The second kappa shape index (κ2) is 5.34. The van der Waals surface area contributed by atoms with Gasteiger partial charge >= 0.3 is 0 Å². The summed E-state index contributed by atoms with van der Waals surface area (Å²) in [5.74, 6) is 0.528. The van der Waals surface area contributed by atoms with E-state index in [2.05, 4.69) is 24.3 Å². The lowest BCUT2D eigenvalue weighted by Crippen LogP contribution is -2.37. The number of amides is 1. The Bertz CT molecular complexity index is 407. The lowest BCUT2D eigenvalue weighted by Gasteiger charge is -2.17. The molecule has 17 heavy (non-hydrogen) atoms. The molecule has 0 aromatic carbocycles. The number of hydrogen-bond donors (Lipinski definition) is 1. The monoisotopic (exact) mass is 237 g/mol. The molecule has 0 spiro atoms. The minimum atomic E-state index is 0.0744. The zero-order chi connectivity index (χ0) is 13.2. The Kier molecular flexibility index (Phi) is 4.32. The van der Waals surface area contributed by atoms with Crippen molar-refractivity contribution in [3.05, 3.63) is 17.0 Å². The summed E-state index contributed by atoms with van der Waals surface area (Å²) < 4.78 is 1.82. The van der Waals surface area contributed by atoms with Crippen molar-refractivity contribution in [1.29, 1.82) is 0 Å². The first-order valence-corrected chi connectivity index (χ1v) is 6.11. The van der Waals surface area contributed by atoms with Crippen molar-refractivity contribution >= 4 is 5.91 Å². The third-order valence-electron chi connectivity index (χ3n) is 3.38. The van der Waals surface area contributed by atoms with Crippen molar-refractivity contribution in [3.63, 3.8) is 0 Å². The lowest BCUT2D eigenvalue weighted by molar-refractivity contribution is -0.121. The van der Waals surface area contributed by atoms with Gasteiger partial charge in [-0.1, -0.05) is 13.8 Å². The van der Waals surface area contributed by atoms with E-state index in [-0.39, 0.29) is 11.9 Å². The van der Waals surface area contributed by atoms with Crippen LogP contribution < -0.4 is 5.32 Å². The molecule has 1 unspecified atom stereocenters. The van der Waals surface area contributed by atoms with E-state index in [0.29, 0.717) is 12.3 Å². The van der Waals surface area contributed by atoms with Crippen LogP contribution in [0.1, 0.15) is 37.7 Å². The van der Waals surface area contributed by atoms with E-state index in [1.165, 1.54) is 0 Å². The summed E-state index contributed by atoms with van der Waals surface area (Å²) in [6.45, 7) is 10.2. The van der Waals surface area contributed by atoms with Gasteiger partial charge in [-0.15, -0.1) is 0 Å². The molecule has 0 fully saturated rings. The summed E-state index contributed by atoms with van der Waals surface area (Å²) in [6.07, 6.45) is 0.419. The molecule has 1 rings (SSSR count). The van der Waals surface area contributed by atoms with Crippen LogP contribution in [0.25, 0.3) is 0 Å². The standard InChI is InChI=1S/C13H23N3O/c1-8(2)9(3)14-13(17)7-12-10(4)15-16(6)11(12)5/h8-9H,7H2,1-6H3,(H,14,17). The first-order valence-electron chi connectivity index (χ1n) is 6.11. The van der Waals surface area contributed by atoms with Crippen LogP contribution in [0.15, 0.2) is 0 Å². The molecule has 0 aliphatic carbocycles. The van der Waals surface area contributed by atoms with Crippen LogP contribution in [0.4, 0.5) is 0 Å². The summed E-state index contributed by atoms with van der Waals surface area (Å²) >= 11 is 0. The summed E-state index contributed by atoms with van der Waals surface area (Å²) in [5.41, 5.74) is 3.05. The van der Waals surface area contributed by atoms with Gasteiger partial charge in [0.15, 0.2) is 0 Å². The first kappa shape index (κ1) is 13.7. The minimum Gasteiger partial charge on any atom is -0.353 e. The van der Waals surface area contributed by atoms with Crippen LogP contribution in [0.2, 0.25) is 0 Å². The van der Waals surface area contributed by atoms with Crippen molar-refractivity contribution < 1.29 is 4.79 Å². The number of aryl methyl sites for hydroxylation is 2. The van der Waals surface area contributed by atoms with Gasteiger partial charge in [-0.05, 0) is 26.7 Å². The molecule has 1 heterocycles. The molecule has 1 aromatic heterocycles. The highest BCUT2D eigenvalue weighted by molar-refractivity contribution is 5.79. The Hall–Kier alpha value is -1.32. The Morgan fingerprint density at radius 1 is 1.35 bits per heavy atom. The number of nitrogens with one attached hydrogen (secondary N) is 1. The van der Waals surface area contributed by atoms with Gasteiger partial charge in [-0.25, -0.2) is 0 Å². The Morgan fingerprint density at radius 3 is 2.35 bits per heavy atom. The number of rotatable bonds is 4. The quantitative estimate of drug-likeness (QED) is 0.867. The summed E-state index contributed by atoms with van der Waals surface area (Å²) in [7, 11) is 1.90. The van der Waals surface area contributed by atoms with Gasteiger partial charge in [-0.3, -0.25) is 9.48 Å². The van der Waals surface area contributed by atoms with Gasteiger partial charge in [0.1, 0.15) is 0 Å². The molecular formula is C13H23N3O. The van der Waals surface area contributed by atoms with Crippen LogP contribution in [0.3, 0.4) is 0 Å². The van der Waals surface area contributed by atoms with Crippen LogP contribution in [0, 0.1) is 19.8 Å². The average molecular weight is 237 g/mol. The van der Waals surface area contributed by atoms with Gasteiger partial charge in [0.2, 0.25) is 5.91 Å². The largest absolute Gasteiger partial charge is 0.353 e. The fourth-order valence-corrected chi connectivity index (χ4v) is 1.71. The molecule has 1 N–H and O–H groups in total. The van der Waals surface area contributed by atoms with Crippen molar-refractivity contribution in [3.8, 4) is 0 Å². The van der Waals surface area contributed by atoms with E-state index < -0.39 is 0 Å². The van der Waals surface area contributed by atoms with E-state index in [1.807, 2.05) is 32.5 Å². The van der Waals surface area contributed by atoms with E-state index in [0.717, 1.165) is 17.0 Å². The summed E-state index contributed by atoms with van der Waals surface area (Å²) in [5, 5.41) is 7.33. The topological polar surface area (TPSA) is 46.9 Å². The Balaban J connectivity index is 2.68. The van der Waals surface area contributed by atoms with Crippen LogP contribution in [-0.4, -0.2) is 21.7 Å². The number of nitrogens with zero attached hydrogens (tertiary/aromatic N) is 2. The van der Waals surface area contributed by atoms with Gasteiger partial charge in [-0.2, -0.15) is 5.10 Å². The average Bonchev–Trinajstić information content (AvgIpc) is 2.45. The highest BCUT2D eigenvalue weighted by Gasteiger charge is 2.15. The second-order valence-corrected chi connectivity index (χ2v) is 5.05. The molecule has 0 aliphatic rings. The van der Waals surface area contributed by atoms with Crippen LogP contribution in [0.5, 0.6) is 0 Å². The van der Waals surface area contributed by atoms with E-state index >= 15 is 0 Å². The maximum Gasteiger partial charge on any atom is 0.224 e. The van der Waals surface area contributed by atoms with Crippen LogP contribution >= 0.6 is 0 Å². The second-order valence-electron chi connectivity index (χ2n) is 5.05. The maximum atomic E-state index is 11.9. The zero-order valence-electron chi connectivity index (χ0n) is 11.7. The van der Waals surface area contributed by atoms with Gasteiger partial charge < -0.3 is 5.32 Å². The third kappa shape index (κ3) is 3.32. The van der Waals surface area contributed by atoms with Crippen molar-refractivity contribution in [2.24, 2.45) is 13.0 Å². The number of aromatic nitrogens is 2. The molecule has 4 nitrogen and oxygen atoms in total. The Morgan fingerprint density at radius 2 is 1.94 bits per heavy atom. The molecule has 1 amide bonds. The fraction of sp³-hybridized carbons (Fsp3) is 0.692. The van der Waals surface area contributed by atoms with Crippen molar-refractivity contribution in [2.45, 2.75) is 47.1 Å². The van der Waals surface area contributed by atoms with Gasteiger partial charge in [0.05, 0.1) is 12.1 Å². The molecular weight excluding hydrogens is 214 g/mol. The number of hydrogen-bond acceptors (Lipinski definition) is 2. The molecule has 1 aromatic rings. The van der Waals surface area contributed by atoms with Crippen molar-refractivity contribution in [2.75, 3.05) is 0 Å². The molecule has 0 saturated heterocycles. The normalized spacial score (nSPS) is 12.9. The summed E-state index contributed by atoms with van der Waals surface area (Å²) in [4.78, 5) is 11.9. The number of carbonyl (C=O) groups excluding carboxylic acids is 1. The maximum absolute atomic E-state index is 11.9. The molecule has 0 aliphatic heterocycles.